The van der Waals surface area contributed by atoms with Gasteiger partial charge in [0.15, 0.2) is 5.79 Å². The molecule has 1 saturated carbocycles. The van der Waals surface area contributed by atoms with Crippen LogP contribution in [-0.4, -0.2) is 23.9 Å². The van der Waals surface area contributed by atoms with E-state index in [0.717, 1.165) is 24.0 Å². The third-order valence-electron chi connectivity index (χ3n) is 4.61. The molecule has 1 spiro atoms. The lowest BCUT2D eigenvalue weighted by Crippen LogP contribution is -2.44. The van der Waals surface area contributed by atoms with Crippen LogP contribution >= 0.6 is 0 Å². The summed E-state index contributed by atoms with van der Waals surface area (Å²) >= 11 is 0. The largest absolute Gasteiger partial charge is 0.349 e. The first-order valence-electron chi connectivity index (χ1n) is 7.62. The number of rotatable bonds is 2. The summed E-state index contributed by atoms with van der Waals surface area (Å²) in [6.07, 6.45) is 5.57. The normalized spacial score (nSPS) is 22.3. The minimum Gasteiger partial charge on any atom is -0.349 e. The van der Waals surface area contributed by atoms with E-state index in [9.17, 15) is 10.1 Å². The van der Waals surface area contributed by atoms with Crippen LogP contribution in [0.5, 0.6) is 0 Å². The molecule has 1 aliphatic heterocycles. The summed E-state index contributed by atoms with van der Waals surface area (Å²) in [6.45, 7) is 3.19. The maximum absolute atomic E-state index is 10.8. The van der Waals surface area contributed by atoms with Gasteiger partial charge >= 0.3 is 0 Å². The highest BCUT2D eigenvalue weighted by Crippen LogP contribution is 2.38. The van der Waals surface area contributed by atoms with Gasteiger partial charge in [-0.3, -0.25) is 10.1 Å². The Bertz CT molecular complexity index is 527. The standard InChI is InChI=1S/C16H21NO4/c1-12-9-14(17(18)19)5-6-15(12)13-10-20-16(21-11-13)7-3-2-4-8-16/h5-6,9,13H,2-4,7-8,10-11H2,1H3. The highest BCUT2D eigenvalue weighted by Gasteiger charge is 2.39. The van der Waals surface area contributed by atoms with Crippen molar-refractivity contribution in [2.45, 2.75) is 50.7 Å². The number of hydrogen-bond acceptors (Lipinski definition) is 4. The van der Waals surface area contributed by atoms with Crippen LogP contribution in [0.2, 0.25) is 0 Å². The van der Waals surface area contributed by atoms with Gasteiger partial charge in [0.05, 0.1) is 18.1 Å². The second-order valence-corrected chi connectivity index (χ2v) is 6.09. The summed E-state index contributed by atoms with van der Waals surface area (Å²) in [7, 11) is 0. The molecule has 1 heterocycles. The first kappa shape index (κ1) is 14.5. The van der Waals surface area contributed by atoms with Crippen LogP contribution in [0.3, 0.4) is 0 Å². The topological polar surface area (TPSA) is 61.6 Å². The van der Waals surface area contributed by atoms with Crippen molar-refractivity contribution in [3.8, 4) is 0 Å². The summed E-state index contributed by atoms with van der Waals surface area (Å²) in [6, 6.07) is 5.03. The molecular formula is C16H21NO4. The van der Waals surface area contributed by atoms with Crippen LogP contribution < -0.4 is 0 Å². The van der Waals surface area contributed by atoms with Gasteiger partial charge in [0, 0.05) is 30.9 Å². The monoisotopic (exact) mass is 291 g/mol. The van der Waals surface area contributed by atoms with E-state index in [1.807, 2.05) is 13.0 Å². The summed E-state index contributed by atoms with van der Waals surface area (Å²) in [5.41, 5.74) is 2.16. The molecule has 2 aliphatic rings. The summed E-state index contributed by atoms with van der Waals surface area (Å²) < 4.78 is 12.1. The lowest BCUT2D eigenvalue weighted by molar-refractivity contribution is -0.384. The summed E-state index contributed by atoms with van der Waals surface area (Å²) in [5, 5.41) is 10.8. The molecule has 1 saturated heterocycles. The van der Waals surface area contributed by atoms with E-state index in [0.29, 0.717) is 13.2 Å². The maximum atomic E-state index is 10.8. The molecule has 0 radical (unpaired) electrons. The number of aryl methyl sites for hydroxylation is 1. The lowest BCUT2D eigenvalue weighted by atomic mass is 9.90. The molecule has 5 heteroatoms. The number of nitro benzene ring substituents is 1. The third kappa shape index (κ3) is 2.94. The molecule has 0 amide bonds. The highest BCUT2D eigenvalue weighted by molar-refractivity contribution is 5.41. The Kier molecular flexibility index (Phi) is 3.95. The van der Waals surface area contributed by atoms with Crippen LogP contribution in [0, 0.1) is 17.0 Å². The Morgan fingerprint density at radius 3 is 2.43 bits per heavy atom. The van der Waals surface area contributed by atoms with Crippen LogP contribution in [0.25, 0.3) is 0 Å². The van der Waals surface area contributed by atoms with Crippen molar-refractivity contribution in [2.75, 3.05) is 13.2 Å². The van der Waals surface area contributed by atoms with Crippen molar-refractivity contribution in [3.63, 3.8) is 0 Å². The van der Waals surface area contributed by atoms with Gasteiger partial charge in [0.25, 0.3) is 5.69 Å². The molecule has 5 nitrogen and oxygen atoms in total. The molecule has 3 rings (SSSR count). The highest BCUT2D eigenvalue weighted by atomic mass is 16.7. The number of hydrogen-bond donors (Lipinski definition) is 0. The number of ether oxygens (including phenoxy) is 2. The van der Waals surface area contributed by atoms with Gasteiger partial charge < -0.3 is 9.47 Å². The SMILES string of the molecule is Cc1cc([N+](=O)[O-])ccc1C1COC2(CCCCC2)OC1. The average Bonchev–Trinajstić information content (AvgIpc) is 2.49. The minimum atomic E-state index is -0.359. The quantitative estimate of drug-likeness (QED) is 0.616. The maximum Gasteiger partial charge on any atom is 0.269 e. The van der Waals surface area contributed by atoms with E-state index < -0.39 is 0 Å². The minimum absolute atomic E-state index is 0.137. The van der Waals surface area contributed by atoms with Crippen molar-refractivity contribution < 1.29 is 14.4 Å². The number of benzene rings is 1. The molecule has 0 bridgehead atoms. The van der Waals surface area contributed by atoms with Crippen LogP contribution in [0.15, 0.2) is 18.2 Å². The summed E-state index contributed by atoms with van der Waals surface area (Å²) in [4.78, 5) is 10.4. The van der Waals surface area contributed by atoms with Crippen molar-refractivity contribution in [2.24, 2.45) is 0 Å². The fraction of sp³-hybridized carbons (Fsp3) is 0.625. The second-order valence-electron chi connectivity index (χ2n) is 6.09. The van der Waals surface area contributed by atoms with E-state index in [2.05, 4.69) is 0 Å². The van der Waals surface area contributed by atoms with Crippen molar-refractivity contribution in [1.29, 1.82) is 0 Å². The Labute approximate surface area is 124 Å². The average molecular weight is 291 g/mol. The van der Waals surface area contributed by atoms with E-state index in [1.54, 1.807) is 12.1 Å². The van der Waals surface area contributed by atoms with Gasteiger partial charge in [-0.1, -0.05) is 12.5 Å². The van der Waals surface area contributed by atoms with Crippen LogP contribution in [-0.2, 0) is 9.47 Å². The summed E-state index contributed by atoms with van der Waals surface area (Å²) in [5.74, 6) is -0.193. The molecule has 1 aliphatic carbocycles. The third-order valence-corrected chi connectivity index (χ3v) is 4.61. The molecule has 1 aromatic carbocycles. The Morgan fingerprint density at radius 2 is 1.86 bits per heavy atom. The molecule has 0 atom stereocenters. The van der Waals surface area contributed by atoms with Crippen LogP contribution in [0.4, 0.5) is 5.69 Å². The van der Waals surface area contributed by atoms with Gasteiger partial charge in [-0.2, -0.15) is 0 Å². The van der Waals surface area contributed by atoms with Gasteiger partial charge in [0.1, 0.15) is 0 Å². The van der Waals surface area contributed by atoms with Gasteiger partial charge in [-0.05, 0) is 30.9 Å². The number of non-ortho nitro benzene ring substituents is 1. The van der Waals surface area contributed by atoms with E-state index in [1.165, 1.54) is 19.3 Å². The second kappa shape index (κ2) is 5.73. The Balaban J connectivity index is 1.70. The van der Waals surface area contributed by atoms with E-state index in [-0.39, 0.29) is 22.3 Å². The van der Waals surface area contributed by atoms with Crippen molar-refractivity contribution in [1.82, 2.24) is 0 Å². The molecule has 0 unspecified atom stereocenters. The zero-order valence-electron chi connectivity index (χ0n) is 12.3. The molecule has 0 aromatic heterocycles. The van der Waals surface area contributed by atoms with Crippen molar-refractivity contribution in [3.05, 3.63) is 39.4 Å². The van der Waals surface area contributed by atoms with Crippen LogP contribution in [0.1, 0.15) is 49.1 Å². The molecule has 114 valence electrons. The first-order chi connectivity index (χ1) is 10.1. The number of nitro groups is 1. The predicted molar refractivity (Wildman–Crippen MR) is 78.3 cm³/mol. The number of nitrogens with zero attached hydrogens (tertiary/aromatic N) is 1. The molecule has 2 fully saturated rings. The Hall–Kier alpha value is -1.46. The van der Waals surface area contributed by atoms with Gasteiger partial charge in [-0.15, -0.1) is 0 Å². The molecule has 21 heavy (non-hydrogen) atoms. The molecular weight excluding hydrogens is 270 g/mol. The molecule has 0 N–H and O–H groups in total. The van der Waals surface area contributed by atoms with Crippen molar-refractivity contribution >= 4 is 5.69 Å². The fourth-order valence-electron chi connectivity index (χ4n) is 3.38. The van der Waals surface area contributed by atoms with E-state index in [4.69, 9.17) is 9.47 Å². The first-order valence-corrected chi connectivity index (χ1v) is 7.62. The van der Waals surface area contributed by atoms with Gasteiger partial charge in [0.2, 0.25) is 0 Å². The van der Waals surface area contributed by atoms with Gasteiger partial charge in [-0.25, -0.2) is 0 Å². The Morgan fingerprint density at radius 1 is 1.19 bits per heavy atom. The molecule has 1 aromatic rings. The van der Waals surface area contributed by atoms with E-state index >= 15 is 0 Å². The fourth-order valence-corrected chi connectivity index (χ4v) is 3.38. The lowest BCUT2D eigenvalue weighted by Gasteiger charge is -2.42. The smallest absolute Gasteiger partial charge is 0.269 e. The predicted octanol–water partition coefficient (Wildman–Crippen LogP) is 3.69. The zero-order valence-corrected chi connectivity index (χ0v) is 12.3. The zero-order chi connectivity index (χ0) is 14.9.